The number of halogens is 1. The van der Waals surface area contributed by atoms with Crippen LogP contribution in [-0.4, -0.2) is 11.0 Å². The molecule has 3 N–H and O–H groups in total. The minimum atomic E-state index is 0.303. The molecule has 60 valence electrons. The second-order valence-corrected chi connectivity index (χ2v) is 2.46. The first kappa shape index (κ1) is 10.2. The van der Waals surface area contributed by atoms with Crippen LogP contribution in [0.5, 0.6) is 0 Å². The van der Waals surface area contributed by atoms with E-state index in [0.717, 1.165) is 0 Å². The van der Waals surface area contributed by atoms with Crippen LogP contribution < -0.4 is 5.73 Å². The molecular formula is C8H11BrN2. The van der Waals surface area contributed by atoms with Crippen molar-refractivity contribution in [2.45, 2.75) is 0 Å². The van der Waals surface area contributed by atoms with Gasteiger partial charge in [0.2, 0.25) is 0 Å². The van der Waals surface area contributed by atoms with Gasteiger partial charge in [-0.3, -0.25) is 0 Å². The third kappa shape index (κ3) is 2.72. The van der Waals surface area contributed by atoms with Crippen LogP contribution in [0.3, 0.4) is 0 Å². The molecule has 0 rings (SSSR count). The first-order chi connectivity index (χ1) is 5.17. The van der Waals surface area contributed by atoms with Crippen molar-refractivity contribution in [2.24, 2.45) is 5.73 Å². The standard InChI is InChI=1S/C8H11BrN2/c1-3-6(7(10)4-2)8(11)5-9/h3-4,10H,1-2,5,11H2/b8-6-,10-7?. The second-order valence-electron chi connectivity index (χ2n) is 1.89. The number of nitrogens with one attached hydrogen (secondary N) is 1. The van der Waals surface area contributed by atoms with Gasteiger partial charge in [-0.15, -0.1) is 0 Å². The summed E-state index contributed by atoms with van der Waals surface area (Å²) in [5, 5.41) is 7.93. The summed E-state index contributed by atoms with van der Waals surface area (Å²) in [6, 6.07) is 0. The first-order valence-electron chi connectivity index (χ1n) is 3.05. The van der Waals surface area contributed by atoms with Crippen LogP contribution in [0.2, 0.25) is 0 Å². The van der Waals surface area contributed by atoms with Crippen molar-refractivity contribution >= 4 is 21.6 Å². The van der Waals surface area contributed by atoms with Crippen molar-refractivity contribution in [3.8, 4) is 0 Å². The lowest BCUT2D eigenvalue weighted by Gasteiger charge is -2.02. The average molecular weight is 215 g/mol. The molecule has 0 saturated carbocycles. The third-order valence-electron chi connectivity index (χ3n) is 1.19. The van der Waals surface area contributed by atoms with Crippen molar-refractivity contribution < 1.29 is 0 Å². The highest BCUT2D eigenvalue weighted by atomic mass is 79.9. The van der Waals surface area contributed by atoms with E-state index in [2.05, 4.69) is 29.1 Å². The Morgan fingerprint density at radius 3 is 2.27 bits per heavy atom. The molecule has 0 aliphatic heterocycles. The van der Waals surface area contributed by atoms with Gasteiger partial charge in [0.15, 0.2) is 0 Å². The minimum Gasteiger partial charge on any atom is -0.401 e. The Morgan fingerprint density at radius 2 is 2.00 bits per heavy atom. The molecule has 0 aromatic carbocycles. The smallest absolute Gasteiger partial charge is 0.0623 e. The lowest BCUT2D eigenvalue weighted by molar-refractivity contribution is 1.30. The molecule has 0 amide bonds. The molecule has 0 saturated heterocycles. The monoisotopic (exact) mass is 214 g/mol. The van der Waals surface area contributed by atoms with Crippen LogP contribution in [0.4, 0.5) is 0 Å². The third-order valence-corrected chi connectivity index (χ3v) is 1.79. The van der Waals surface area contributed by atoms with E-state index < -0.39 is 0 Å². The Balaban J connectivity index is 4.78. The van der Waals surface area contributed by atoms with E-state index in [9.17, 15) is 0 Å². The maximum Gasteiger partial charge on any atom is 0.0623 e. The molecule has 0 heterocycles. The molecule has 0 aromatic rings. The molecule has 0 aliphatic rings. The Hall–Kier alpha value is -0.830. The molecule has 11 heavy (non-hydrogen) atoms. The van der Waals surface area contributed by atoms with Crippen molar-refractivity contribution in [1.82, 2.24) is 0 Å². The molecule has 0 radical (unpaired) electrons. The predicted octanol–water partition coefficient (Wildman–Crippen LogP) is 1.99. The molecule has 0 spiro atoms. The van der Waals surface area contributed by atoms with Gasteiger partial charge >= 0.3 is 0 Å². The molecule has 3 heteroatoms. The van der Waals surface area contributed by atoms with E-state index in [1.54, 1.807) is 6.08 Å². The molecule has 0 aliphatic carbocycles. The van der Waals surface area contributed by atoms with E-state index in [0.29, 0.717) is 22.3 Å². The van der Waals surface area contributed by atoms with E-state index >= 15 is 0 Å². The predicted molar refractivity (Wildman–Crippen MR) is 53.1 cm³/mol. The second kappa shape index (κ2) is 4.91. The van der Waals surface area contributed by atoms with E-state index in [4.69, 9.17) is 11.1 Å². The Kier molecular flexibility index (Phi) is 4.54. The summed E-state index contributed by atoms with van der Waals surface area (Å²) in [5.74, 6) is 0. The summed E-state index contributed by atoms with van der Waals surface area (Å²) in [5.41, 5.74) is 7.12. The number of allylic oxidation sites excluding steroid dienone is 4. The van der Waals surface area contributed by atoms with E-state index in [1.165, 1.54) is 6.08 Å². The highest BCUT2D eigenvalue weighted by molar-refractivity contribution is 9.09. The fourth-order valence-corrected chi connectivity index (χ4v) is 0.898. The van der Waals surface area contributed by atoms with Gasteiger partial charge in [0, 0.05) is 16.6 Å². The zero-order chi connectivity index (χ0) is 8.85. The van der Waals surface area contributed by atoms with Gasteiger partial charge < -0.3 is 11.1 Å². The van der Waals surface area contributed by atoms with Crippen molar-refractivity contribution in [3.63, 3.8) is 0 Å². The van der Waals surface area contributed by atoms with Crippen LogP contribution in [0.15, 0.2) is 36.6 Å². The van der Waals surface area contributed by atoms with E-state index in [1.807, 2.05) is 0 Å². The highest BCUT2D eigenvalue weighted by Gasteiger charge is 2.00. The maximum atomic E-state index is 7.38. The molecule has 0 fully saturated rings. The number of nitrogens with two attached hydrogens (primary N) is 1. The summed E-state index contributed by atoms with van der Waals surface area (Å²) in [7, 11) is 0. The number of hydrogen-bond donors (Lipinski definition) is 2. The lowest BCUT2D eigenvalue weighted by Crippen LogP contribution is -2.07. The van der Waals surface area contributed by atoms with Crippen molar-refractivity contribution in [2.75, 3.05) is 5.33 Å². The minimum absolute atomic E-state index is 0.303. The van der Waals surface area contributed by atoms with Gasteiger partial charge in [-0.1, -0.05) is 35.2 Å². The van der Waals surface area contributed by atoms with Crippen molar-refractivity contribution in [3.05, 3.63) is 36.6 Å². The van der Waals surface area contributed by atoms with Gasteiger partial charge in [0.1, 0.15) is 0 Å². The van der Waals surface area contributed by atoms with Gasteiger partial charge in [-0.2, -0.15) is 0 Å². The maximum absolute atomic E-state index is 7.38. The van der Waals surface area contributed by atoms with Crippen LogP contribution in [0.1, 0.15) is 0 Å². The zero-order valence-corrected chi connectivity index (χ0v) is 7.82. The molecule has 0 atom stereocenters. The Bertz CT molecular complexity index is 216. The van der Waals surface area contributed by atoms with Crippen molar-refractivity contribution in [1.29, 1.82) is 5.41 Å². The summed E-state index contributed by atoms with van der Waals surface area (Å²) in [6.07, 6.45) is 2.99. The van der Waals surface area contributed by atoms with Gasteiger partial charge in [-0.05, 0) is 6.08 Å². The lowest BCUT2D eigenvalue weighted by atomic mass is 10.1. The average Bonchev–Trinajstić information content (AvgIpc) is 2.05. The van der Waals surface area contributed by atoms with Gasteiger partial charge in [0.25, 0.3) is 0 Å². The largest absolute Gasteiger partial charge is 0.401 e. The molecule has 0 aromatic heterocycles. The number of alkyl halides is 1. The summed E-state index contributed by atoms with van der Waals surface area (Å²) in [6.45, 7) is 7.02. The quantitative estimate of drug-likeness (QED) is 0.420. The van der Waals surface area contributed by atoms with Gasteiger partial charge in [0.05, 0.1) is 5.71 Å². The van der Waals surface area contributed by atoms with Gasteiger partial charge in [-0.25, -0.2) is 0 Å². The fraction of sp³-hybridized carbons (Fsp3) is 0.125. The SMILES string of the molecule is C=CC(=N)/C(C=C)=C(\N)CBr. The number of rotatable bonds is 4. The fourth-order valence-electron chi connectivity index (χ4n) is 0.596. The Labute approximate surface area is 75.1 Å². The normalized spacial score (nSPS) is 11.7. The van der Waals surface area contributed by atoms with Crippen LogP contribution in [0, 0.1) is 5.41 Å². The molecule has 0 bridgehead atoms. The first-order valence-corrected chi connectivity index (χ1v) is 4.17. The zero-order valence-electron chi connectivity index (χ0n) is 6.23. The summed E-state index contributed by atoms with van der Waals surface area (Å²) in [4.78, 5) is 0. The topological polar surface area (TPSA) is 49.9 Å². The van der Waals surface area contributed by atoms with E-state index in [-0.39, 0.29) is 0 Å². The summed E-state index contributed by atoms with van der Waals surface area (Å²) >= 11 is 3.19. The molecule has 2 nitrogen and oxygen atoms in total. The van der Waals surface area contributed by atoms with Crippen LogP contribution >= 0.6 is 15.9 Å². The molecular weight excluding hydrogens is 204 g/mol. The summed E-state index contributed by atoms with van der Waals surface area (Å²) < 4.78 is 0. The van der Waals surface area contributed by atoms with Crippen LogP contribution in [0.25, 0.3) is 0 Å². The number of hydrogen-bond acceptors (Lipinski definition) is 2. The highest BCUT2D eigenvalue weighted by Crippen LogP contribution is 2.05. The van der Waals surface area contributed by atoms with Crippen LogP contribution in [-0.2, 0) is 0 Å². The Morgan fingerprint density at radius 1 is 1.45 bits per heavy atom. The molecule has 0 unspecified atom stereocenters.